The summed E-state index contributed by atoms with van der Waals surface area (Å²) in [5, 5.41) is 6.48. The van der Waals surface area contributed by atoms with Crippen molar-refractivity contribution in [3.8, 4) is 5.75 Å². The monoisotopic (exact) mass is 425 g/mol. The highest BCUT2D eigenvalue weighted by Crippen LogP contribution is 2.31. The van der Waals surface area contributed by atoms with Crippen LogP contribution >= 0.6 is 12.2 Å². The van der Waals surface area contributed by atoms with Crippen LogP contribution in [0.1, 0.15) is 18.5 Å². The number of para-hydroxylation sites is 1. The molecule has 0 bridgehead atoms. The van der Waals surface area contributed by atoms with E-state index < -0.39 is 12.0 Å². The summed E-state index contributed by atoms with van der Waals surface area (Å²) in [6.07, 6.45) is 0. The Kier molecular flexibility index (Phi) is 6.68. The van der Waals surface area contributed by atoms with Crippen LogP contribution < -0.4 is 15.4 Å². The first kappa shape index (κ1) is 21.3. The van der Waals surface area contributed by atoms with Crippen molar-refractivity contribution in [2.75, 3.05) is 26.1 Å². The van der Waals surface area contributed by atoms with Crippen molar-refractivity contribution in [2.45, 2.75) is 13.0 Å². The van der Waals surface area contributed by atoms with E-state index in [1.807, 2.05) is 31.2 Å². The summed E-state index contributed by atoms with van der Waals surface area (Å²) in [6, 6.07) is 15.9. The van der Waals surface area contributed by atoms with Crippen molar-refractivity contribution >= 4 is 34.9 Å². The summed E-state index contributed by atoms with van der Waals surface area (Å²) in [7, 11) is 3.13. The van der Waals surface area contributed by atoms with Gasteiger partial charge >= 0.3 is 5.97 Å². The van der Waals surface area contributed by atoms with Gasteiger partial charge in [-0.3, -0.25) is 4.79 Å². The highest BCUT2D eigenvalue weighted by atomic mass is 32.1. The Hall–Kier alpha value is -3.39. The molecule has 0 fully saturated rings. The smallest absolute Gasteiger partial charge is 0.337 e. The standard InChI is InChI=1S/C22H23N3O4S/c1-14-19(21(27)28-3)20(24-22(30)25(14)2)15-8-7-9-16(12-15)23-18(26)13-29-17-10-5-4-6-11-17/h4-12,20H,13H2,1-3H3,(H,23,26)(H,24,30). The quantitative estimate of drug-likeness (QED) is 0.544. The molecule has 0 aromatic heterocycles. The Morgan fingerprint density at radius 2 is 1.90 bits per heavy atom. The summed E-state index contributed by atoms with van der Waals surface area (Å²) in [6.45, 7) is 1.70. The molecule has 2 aromatic carbocycles. The molecule has 2 N–H and O–H groups in total. The fourth-order valence-electron chi connectivity index (χ4n) is 3.12. The van der Waals surface area contributed by atoms with Gasteiger partial charge in [0.2, 0.25) is 0 Å². The van der Waals surface area contributed by atoms with Gasteiger partial charge in [-0.05, 0) is 49.0 Å². The average Bonchev–Trinajstić information content (AvgIpc) is 2.76. The van der Waals surface area contributed by atoms with E-state index in [1.54, 1.807) is 42.3 Å². The summed E-state index contributed by atoms with van der Waals surface area (Å²) < 4.78 is 10.4. The average molecular weight is 426 g/mol. The van der Waals surface area contributed by atoms with Crippen molar-refractivity contribution in [1.82, 2.24) is 10.2 Å². The molecule has 1 amide bonds. The molecule has 0 saturated heterocycles. The van der Waals surface area contributed by atoms with Crippen molar-refractivity contribution in [3.63, 3.8) is 0 Å². The van der Waals surface area contributed by atoms with E-state index in [-0.39, 0.29) is 12.5 Å². The first-order valence-corrected chi connectivity index (χ1v) is 9.72. The molecule has 0 radical (unpaired) electrons. The predicted octanol–water partition coefficient (Wildman–Crippen LogP) is 3.01. The van der Waals surface area contributed by atoms with Crippen LogP contribution in [0.25, 0.3) is 0 Å². The molecule has 0 aliphatic carbocycles. The number of carbonyl (C=O) groups is 2. The molecule has 2 aromatic rings. The summed E-state index contributed by atoms with van der Waals surface area (Å²) in [4.78, 5) is 26.4. The lowest BCUT2D eigenvalue weighted by molar-refractivity contribution is -0.136. The number of thiocarbonyl (C=S) groups is 1. The molecule has 0 saturated carbocycles. The van der Waals surface area contributed by atoms with Gasteiger partial charge in [-0.25, -0.2) is 4.79 Å². The second-order valence-corrected chi connectivity index (χ2v) is 7.09. The van der Waals surface area contributed by atoms with E-state index in [0.717, 1.165) is 5.56 Å². The first-order chi connectivity index (χ1) is 14.4. The number of carbonyl (C=O) groups excluding carboxylic acids is 2. The third-order valence-corrected chi connectivity index (χ3v) is 5.17. The second kappa shape index (κ2) is 9.41. The largest absolute Gasteiger partial charge is 0.484 e. The van der Waals surface area contributed by atoms with E-state index >= 15 is 0 Å². The lowest BCUT2D eigenvalue weighted by Gasteiger charge is -2.35. The van der Waals surface area contributed by atoms with Gasteiger partial charge in [-0.1, -0.05) is 30.3 Å². The molecule has 1 atom stereocenters. The Bertz CT molecular complexity index is 991. The molecule has 0 spiro atoms. The second-order valence-electron chi connectivity index (χ2n) is 6.71. The van der Waals surface area contributed by atoms with Crippen LogP contribution in [0.15, 0.2) is 65.9 Å². The molecular formula is C22H23N3O4S. The third-order valence-electron chi connectivity index (χ3n) is 4.78. The topological polar surface area (TPSA) is 79.9 Å². The van der Waals surface area contributed by atoms with E-state index in [1.165, 1.54) is 7.11 Å². The maximum absolute atomic E-state index is 12.4. The van der Waals surface area contributed by atoms with Gasteiger partial charge in [0.1, 0.15) is 5.75 Å². The predicted molar refractivity (Wildman–Crippen MR) is 118 cm³/mol. The molecule has 1 unspecified atom stereocenters. The fourth-order valence-corrected chi connectivity index (χ4v) is 3.37. The minimum atomic E-state index is -0.487. The molecule has 1 aliphatic heterocycles. The maximum Gasteiger partial charge on any atom is 0.337 e. The zero-order valence-corrected chi connectivity index (χ0v) is 17.8. The number of anilines is 1. The number of methoxy groups -OCH3 is 1. The molecule has 1 aliphatic rings. The first-order valence-electron chi connectivity index (χ1n) is 9.31. The highest BCUT2D eigenvalue weighted by molar-refractivity contribution is 7.80. The fraction of sp³-hybridized carbons (Fsp3) is 0.227. The Labute approximate surface area is 180 Å². The van der Waals surface area contributed by atoms with E-state index in [4.69, 9.17) is 21.7 Å². The highest BCUT2D eigenvalue weighted by Gasteiger charge is 2.33. The van der Waals surface area contributed by atoms with Crippen molar-refractivity contribution < 1.29 is 19.1 Å². The number of nitrogens with zero attached hydrogens (tertiary/aromatic N) is 1. The molecule has 1 heterocycles. The van der Waals surface area contributed by atoms with E-state index in [9.17, 15) is 9.59 Å². The number of ether oxygens (including phenoxy) is 2. The molecule has 7 nitrogen and oxygen atoms in total. The van der Waals surface area contributed by atoms with Gasteiger partial charge < -0.3 is 25.0 Å². The van der Waals surface area contributed by atoms with Gasteiger partial charge in [0.05, 0.1) is 18.7 Å². The Morgan fingerprint density at radius 1 is 1.17 bits per heavy atom. The minimum absolute atomic E-state index is 0.114. The van der Waals surface area contributed by atoms with Crippen LogP contribution in [-0.4, -0.2) is 42.7 Å². The lowest BCUT2D eigenvalue weighted by atomic mass is 9.95. The minimum Gasteiger partial charge on any atom is -0.484 e. The van der Waals surface area contributed by atoms with E-state index in [2.05, 4.69) is 10.6 Å². The van der Waals surface area contributed by atoms with E-state index in [0.29, 0.717) is 27.8 Å². The van der Waals surface area contributed by atoms with Gasteiger partial charge in [-0.15, -0.1) is 0 Å². The normalized spacial score (nSPS) is 16.0. The SMILES string of the molecule is COC(=O)C1=C(C)N(C)C(=S)NC1c1cccc(NC(=O)COc2ccccc2)c1. The van der Waals surface area contributed by atoms with Crippen molar-refractivity contribution in [2.24, 2.45) is 0 Å². The van der Waals surface area contributed by atoms with Crippen LogP contribution in [-0.2, 0) is 14.3 Å². The molecular weight excluding hydrogens is 402 g/mol. The van der Waals surface area contributed by atoms with Gasteiger partial charge in [0.25, 0.3) is 5.91 Å². The van der Waals surface area contributed by atoms with Crippen molar-refractivity contribution in [3.05, 3.63) is 71.4 Å². The zero-order chi connectivity index (χ0) is 21.7. The number of esters is 1. The molecule has 30 heavy (non-hydrogen) atoms. The number of amides is 1. The van der Waals surface area contributed by atoms with Crippen LogP contribution in [0.2, 0.25) is 0 Å². The Morgan fingerprint density at radius 3 is 2.60 bits per heavy atom. The summed E-state index contributed by atoms with van der Waals surface area (Å²) >= 11 is 5.38. The van der Waals surface area contributed by atoms with Gasteiger partial charge in [0.15, 0.2) is 11.7 Å². The molecule has 3 rings (SSSR count). The number of rotatable bonds is 6. The lowest BCUT2D eigenvalue weighted by Crippen LogP contribution is -2.46. The number of hydrogen-bond acceptors (Lipinski definition) is 5. The third kappa shape index (κ3) is 4.77. The van der Waals surface area contributed by atoms with Crippen molar-refractivity contribution in [1.29, 1.82) is 0 Å². The number of benzene rings is 2. The van der Waals surface area contributed by atoms with Crippen LogP contribution in [0.3, 0.4) is 0 Å². The zero-order valence-electron chi connectivity index (χ0n) is 17.0. The number of nitrogens with one attached hydrogen (secondary N) is 2. The molecule has 8 heteroatoms. The molecule has 156 valence electrons. The number of allylic oxidation sites excluding steroid dienone is 1. The van der Waals surface area contributed by atoms with Crippen LogP contribution in [0, 0.1) is 0 Å². The van der Waals surface area contributed by atoms with Gasteiger partial charge in [0, 0.05) is 18.4 Å². The van der Waals surface area contributed by atoms with Crippen LogP contribution in [0.4, 0.5) is 5.69 Å². The van der Waals surface area contributed by atoms with Crippen LogP contribution in [0.5, 0.6) is 5.75 Å². The van der Waals surface area contributed by atoms with Gasteiger partial charge in [-0.2, -0.15) is 0 Å². The Balaban J connectivity index is 1.77. The number of hydrogen-bond donors (Lipinski definition) is 2. The summed E-state index contributed by atoms with van der Waals surface area (Å²) in [5.74, 6) is -0.110. The summed E-state index contributed by atoms with van der Waals surface area (Å²) in [5.41, 5.74) is 2.53. The maximum atomic E-state index is 12.4.